The molecule has 112 valence electrons. The molecule has 3 aromatic rings. The minimum Gasteiger partial charge on any atom is -0.477 e. The van der Waals surface area contributed by atoms with Crippen LogP contribution in [0.15, 0.2) is 48.8 Å². The lowest BCUT2D eigenvalue weighted by Crippen LogP contribution is -2.04. The monoisotopic (exact) mass is 306 g/mol. The maximum atomic E-state index is 12.6. The summed E-state index contributed by atoms with van der Waals surface area (Å²) in [7, 11) is 0. The number of carbonyl (C=O) groups is 1. The van der Waals surface area contributed by atoms with E-state index in [4.69, 9.17) is 5.11 Å². The van der Waals surface area contributed by atoms with Gasteiger partial charge in [-0.05, 0) is 35.4 Å². The standard InChI is InChI=1S/C15H9F3N2O2/c16-15(17,18)11-4-1-9(2-5-11)10-3-6-13-19-7-12(14(21)22)20(13)8-10/h1-8H,(H,21,22). The normalized spacial score (nSPS) is 11.8. The van der Waals surface area contributed by atoms with Gasteiger partial charge in [-0.1, -0.05) is 12.1 Å². The Bertz CT molecular complexity index is 851. The second-order valence-electron chi connectivity index (χ2n) is 4.67. The number of aromatic carboxylic acids is 1. The molecule has 1 aromatic carbocycles. The number of aromatic nitrogens is 2. The number of benzene rings is 1. The topological polar surface area (TPSA) is 54.6 Å². The highest BCUT2D eigenvalue weighted by Crippen LogP contribution is 2.31. The van der Waals surface area contributed by atoms with Gasteiger partial charge in [-0.15, -0.1) is 0 Å². The highest BCUT2D eigenvalue weighted by molar-refractivity contribution is 5.86. The predicted molar refractivity (Wildman–Crippen MR) is 72.6 cm³/mol. The first-order chi connectivity index (χ1) is 10.4. The van der Waals surface area contributed by atoms with Crippen LogP contribution >= 0.6 is 0 Å². The third kappa shape index (κ3) is 2.41. The van der Waals surface area contributed by atoms with Crippen LogP contribution in [0, 0.1) is 0 Å². The lowest BCUT2D eigenvalue weighted by molar-refractivity contribution is -0.137. The zero-order valence-electron chi connectivity index (χ0n) is 11.0. The zero-order valence-corrected chi connectivity index (χ0v) is 11.0. The molecule has 0 saturated carbocycles. The molecule has 0 aliphatic carbocycles. The summed E-state index contributed by atoms with van der Waals surface area (Å²) in [5.74, 6) is -1.13. The number of hydrogen-bond donors (Lipinski definition) is 1. The first-order valence-corrected chi connectivity index (χ1v) is 6.24. The van der Waals surface area contributed by atoms with Crippen LogP contribution in [0.4, 0.5) is 13.2 Å². The molecule has 0 spiro atoms. The molecule has 0 unspecified atom stereocenters. The maximum absolute atomic E-state index is 12.6. The highest BCUT2D eigenvalue weighted by atomic mass is 19.4. The van der Waals surface area contributed by atoms with Crippen molar-refractivity contribution >= 4 is 11.6 Å². The van der Waals surface area contributed by atoms with E-state index < -0.39 is 17.7 Å². The Morgan fingerprint density at radius 2 is 1.68 bits per heavy atom. The Morgan fingerprint density at radius 1 is 1.05 bits per heavy atom. The average Bonchev–Trinajstić information content (AvgIpc) is 2.89. The van der Waals surface area contributed by atoms with Crippen molar-refractivity contribution in [3.05, 3.63) is 60.0 Å². The van der Waals surface area contributed by atoms with Gasteiger partial charge in [-0.3, -0.25) is 4.40 Å². The Morgan fingerprint density at radius 3 is 2.27 bits per heavy atom. The fourth-order valence-electron chi connectivity index (χ4n) is 2.16. The Labute approximate surface area is 122 Å². The number of pyridine rings is 1. The molecule has 2 heterocycles. The van der Waals surface area contributed by atoms with Gasteiger partial charge < -0.3 is 5.11 Å². The van der Waals surface area contributed by atoms with Gasteiger partial charge in [0.1, 0.15) is 5.65 Å². The SMILES string of the molecule is O=C(O)c1cnc2ccc(-c3ccc(C(F)(F)F)cc3)cn12. The Hall–Kier alpha value is -2.83. The average molecular weight is 306 g/mol. The van der Waals surface area contributed by atoms with Crippen molar-refractivity contribution in [1.82, 2.24) is 9.38 Å². The van der Waals surface area contributed by atoms with Crippen LogP contribution in [0.1, 0.15) is 16.1 Å². The Kier molecular flexibility index (Phi) is 3.13. The maximum Gasteiger partial charge on any atom is 0.416 e. The van der Waals surface area contributed by atoms with E-state index >= 15 is 0 Å². The predicted octanol–water partition coefficient (Wildman–Crippen LogP) is 3.72. The fourth-order valence-corrected chi connectivity index (χ4v) is 2.16. The van der Waals surface area contributed by atoms with Crippen molar-refractivity contribution in [2.24, 2.45) is 0 Å². The second kappa shape index (κ2) is 4.87. The lowest BCUT2D eigenvalue weighted by Gasteiger charge is -2.08. The molecule has 4 nitrogen and oxygen atoms in total. The summed E-state index contributed by atoms with van der Waals surface area (Å²) in [5.41, 5.74) is 0.865. The van der Waals surface area contributed by atoms with Gasteiger partial charge in [-0.2, -0.15) is 13.2 Å². The molecule has 0 amide bonds. The van der Waals surface area contributed by atoms with Gasteiger partial charge >= 0.3 is 12.1 Å². The summed E-state index contributed by atoms with van der Waals surface area (Å²) in [6.45, 7) is 0. The third-order valence-electron chi connectivity index (χ3n) is 3.27. The van der Waals surface area contributed by atoms with Crippen molar-refractivity contribution in [3.63, 3.8) is 0 Å². The molecule has 22 heavy (non-hydrogen) atoms. The number of carboxylic acid groups (broad SMARTS) is 1. The van der Waals surface area contributed by atoms with E-state index in [2.05, 4.69) is 4.98 Å². The number of fused-ring (bicyclic) bond motifs is 1. The number of rotatable bonds is 2. The van der Waals surface area contributed by atoms with Gasteiger partial charge in [0.25, 0.3) is 0 Å². The summed E-state index contributed by atoms with van der Waals surface area (Å²) >= 11 is 0. The van der Waals surface area contributed by atoms with Crippen LogP contribution in [-0.4, -0.2) is 20.5 Å². The number of carboxylic acids is 1. The summed E-state index contributed by atoms with van der Waals surface area (Å²) in [4.78, 5) is 15.0. The fraction of sp³-hybridized carbons (Fsp3) is 0.0667. The van der Waals surface area contributed by atoms with Crippen molar-refractivity contribution in [2.45, 2.75) is 6.18 Å². The van der Waals surface area contributed by atoms with Crippen LogP contribution in [0.25, 0.3) is 16.8 Å². The minimum atomic E-state index is -4.39. The molecule has 0 bridgehead atoms. The smallest absolute Gasteiger partial charge is 0.416 e. The summed E-state index contributed by atoms with van der Waals surface area (Å²) in [6, 6.07) is 7.97. The van der Waals surface area contributed by atoms with Gasteiger partial charge in [0.15, 0.2) is 5.69 Å². The summed E-state index contributed by atoms with van der Waals surface area (Å²) < 4.78 is 39.0. The highest BCUT2D eigenvalue weighted by Gasteiger charge is 2.29. The lowest BCUT2D eigenvalue weighted by atomic mass is 10.1. The van der Waals surface area contributed by atoms with E-state index in [1.165, 1.54) is 28.9 Å². The van der Waals surface area contributed by atoms with Gasteiger partial charge in [-0.25, -0.2) is 9.78 Å². The van der Waals surface area contributed by atoms with Crippen LogP contribution in [0.3, 0.4) is 0 Å². The first kappa shape index (κ1) is 14.1. The molecule has 0 radical (unpaired) electrons. The van der Waals surface area contributed by atoms with Crippen LogP contribution < -0.4 is 0 Å². The largest absolute Gasteiger partial charge is 0.477 e. The number of hydrogen-bond acceptors (Lipinski definition) is 2. The molecular formula is C15H9F3N2O2. The molecule has 1 N–H and O–H groups in total. The van der Waals surface area contributed by atoms with E-state index in [1.54, 1.807) is 12.1 Å². The number of halogens is 3. The number of alkyl halides is 3. The molecule has 3 rings (SSSR count). The number of nitrogens with zero attached hydrogens (tertiary/aromatic N) is 2. The van der Waals surface area contributed by atoms with E-state index in [0.717, 1.165) is 12.1 Å². The van der Waals surface area contributed by atoms with Crippen LogP contribution in [-0.2, 0) is 6.18 Å². The zero-order chi connectivity index (χ0) is 15.9. The van der Waals surface area contributed by atoms with Gasteiger partial charge in [0.2, 0.25) is 0 Å². The first-order valence-electron chi connectivity index (χ1n) is 6.24. The molecule has 7 heteroatoms. The van der Waals surface area contributed by atoms with E-state index in [-0.39, 0.29) is 5.69 Å². The minimum absolute atomic E-state index is 0.0104. The molecular weight excluding hydrogens is 297 g/mol. The molecule has 0 atom stereocenters. The summed E-state index contributed by atoms with van der Waals surface area (Å²) in [6.07, 6.45) is -1.62. The van der Waals surface area contributed by atoms with E-state index in [1.807, 2.05) is 0 Å². The third-order valence-corrected chi connectivity index (χ3v) is 3.27. The van der Waals surface area contributed by atoms with Crippen molar-refractivity contribution in [1.29, 1.82) is 0 Å². The quantitative estimate of drug-likeness (QED) is 0.785. The summed E-state index contributed by atoms with van der Waals surface area (Å²) in [5, 5.41) is 9.07. The van der Waals surface area contributed by atoms with Crippen LogP contribution in [0.5, 0.6) is 0 Å². The molecule has 0 aliphatic rings. The Balaban J connectivity index is 2.06. The van der Waals surface area contributed by atoms with Crippen LogP contribution in [0.2, 0.25) is 0 Å². The van der Waals surface area contributed by atoms with Gasteiger partial charge in [0, 0.05) is 6.20 Å². The molecule has 0 saturated heterocycles. The van der Waals surface area contributed by atoms with Crippen molar-refractivity contribution in [2.75, 3.05) is 0 Å². The van der Waals surface area contributed by atoms with Gasteiger partial charge in [0.05, 0.1) is 11.8 Å². The van der Waals surface area contributed by atoms with E-state index in [0.29, 0.717) is 16.8 Å². The second-order valence-corrected chi connectivity index (χ2v) is 4.67. The number of imidazole rings is 1. The van der Waals surface area contributed by atoms with Crippen molar-refractivity contribution < 1.29 is 23.1 Å². The molecule has 0 aliphatic heterocycles. The van der Waals surface area contributed by atoms with E-state index in [9.17, 15) is 18.0 Å². The molecule has 0 fully saturated rings. The van der Waals surface area contributed by atoms with Crippen molar-refractivity contribution in [3.8, 4) is 11.1 Å². The molecule has 2 aromatic heterocycles.